The molecule has 29 heavy (non-hydrogen) atoms. The lowest BCUT2D eigenvalue weighted by atomic mass is 9.98. The van der Waals surface area contributed by atoms with Gasteiger partial charge in [0.25, 0.3) is 5.91 Å². The van der Waals surface area contributed by atoms with E-state index in [4.69, 9.17) is 10.2 Å². The Hall–Kier alpha value is -3.48. The van der Waals surface area contributed by atoms with Crippen LogP contribution in [0.5, 0.6) is 0 Å². The molecule has 0 radical (unpaired) electrons. The Balaban J connectivity index is 1.75. The first-order chi connectivity index (χ1) is 13.8. The molecule has 0 aliphatic carbocycles. The summed E-state index contributed by atoms with van der Waals surface area (Å²) in [5, 5.41) is 16.5. The van der Waals surface area contributed by atoms with Gasteiger partial charge < -0.3 is 35.0 Å². The van der Waals surface area contributed by atoms with Crippen molar-refractivity contribution < 1.29 is 38.3 Å². The lowest BCUT2D eigenvalue weighted by Crippen LogP contribution is -2.74. The molecule has 1 fully saturated rings. The van der Waals surface area contributed by atoms with Crippen molar-refractivity contribution in [1.82, 2.24) is 10.2 Å². The Labute approximate surface area is 167 Å². The van der Waals surface area contributed by atoms with Gasteiger partial charge >= 0.3 is 12.1 Å². The number of rotatable bonds is 7. The predicted molar refractivity (Wildman–Crippen MR) is 97.5 cm³/mol. The minimum Gasteiger partial charge on any atom is -0.479 e. The number of hydrogen-bond acceptors (Lipinski definition) is 9. The SMILES string of the molecule is CON=C(C(=O)NC1C(=O)N2C(C(=O)O)C(COC(N)=O)=CSC12)c1ccco1. The molecule has 3 amide bonds. The first-order valence-electron chi connectivity index (χ1n) is 8.12. The highest BCUT2D eigenvalue weighted by Crippen LogP contribution is 2.40. The molecule has 3 rings (SSSR count). The number of ether oxygens (including phenoxy) is 1. The van der Waals surface area contributed by atoms with Crippen molar-refractivity contribution in [2.45, 2.75) is 17.5 Å². The number of amides is 3. The monoisotopic (exact) mass is 424 g/mol. The largest absolute Gasteiger partial charge is 0.479 e. The molecule has 12 nitrogen and oxygen atoms in total. The number of β-lactam (4-membered cyclic amide) rings is 1. The fourth-order valence-corrected chi connectivity index (χ4v) is 4.10. The van der Waals surface area contributed by atoms with Gasteiger partial charge in [0, 0.05) is 5.57 Å². The summed E-state index contributed by atoms with van der Waals surface area (Å²) < 4.78 is 9.78. The van der Waals surface area contributed by atoms with E-state index in [1.807, 2.05) is 0 Å². The van der Waals surface area contributed by atoms with Crippen LogP contribution in [0, 0.1) is 0 Å². The number of nitrogens with one attached hydrogen (secondary N) is 1. The van der Waals surface area contributed by atoms with Crippen molar-refractivity contribution in [3.63, 3.8) is 0 Å². The van der Waals surface area contributed by atoms with Crippen molar-refractivity contribution in [2.75, 3.05) is 13.7 Å². The van der Waals surface area contributed by atoms with Crippen LogP contribution in [0.4, 0.5) is 4.79 Å². The molecule has 2 aliphatic rings. The van der Waals surface area contributed by atoms with Gasteiger partial charge in [-0.1, -0.05) is 5.16 Å². The first kappa shape index (κ1) is 20.3. The zero-order valence-corrected chi connectivity index (χ0v) is 15.8. The van der Waals surface area contributed by atoms with Gasteiger partial charge in [-0.25, -0.2) is 9.59 Å². The third-order valence-corrected chi connectivity index (χ3v) is 5.34. The Morgan fingerprint density at radius 1 is 1.45 bits per heavy atom. The van der Waals surface area contributed by atoms with E-state index in [2.05, 4.69) is 20.0 Å². The number of fused-ring (bicyclic) bond motifs is 1. The third-order valence-electron chi connectivity index (χ3n) is 4.12. The summed E-state index contributed by atoms with van der Waals surface area (Å²) in [5.74, 6) is -2.49. The molecule has 3 heterocycles. The zero-order valence-electron chi connectivity index (χ0n) is 14.9. The van der Waals surface area contributed by atoms with Crippen molar-refractivity contribution in [1.29, 1.82) is 0 Å². The van der Waals surface area contributed by atoms with E-state index in [0.29, 0.717) is 0 Å². The number of carboxylic acid groups (broad SMARTS) is 1. The first-order valence-corrected chi connectivity index (χ1v) is 9.07. The van der Waals surface area contributed by atoms with Gasteiger partial charge in [0.05, 0.1) is 6.26 Å². The minimum atomic E-state index is -1.33. The third kappa shape index (κ3) is 3.89. The molecule has 1 aromatic heterocycles. The van der Waals surface area contributed by atoms with Crippen LogP contribution in [0.25, 0.3) is 0 Å². The maximum atomic E-state index is 12.6. The number of primary amides is 1. The van der Waals surface area contributed by atoms with Crippen LogP contribution in [0.15, 0.2) is 38.9 Å². The van der Waals surface area contributed by atoms with Gasteiger partial charge in [-0.05, 0) is 17.5 Å². The topological polar surface area (TPSA) is 174 Å². The molecule has 2 aliphatic heterocycles. The molecule has 1 aromatic rings. The predicted octanol–water partition coefficient (Wildman–Crippen LogP) is -0.538. The number of oxime groups is 1. The summed E-state index contributed by atoms with van der Waals surface area (Å²) in [6.45, 7) is -0.365. The summed E-state index contributed by atoms with van der Waals surface area (Å²) in [6.07, 6.45) is 0.281. The van der Waals surface area contributed by atoms with Gasteiger partial charge in [-0.3, -0.25) is 9.59 Å². The zero-order chi connectivity index (χ0) is 21.1. The van der Waals surface area contributed by atoms with Gasteiger partial charge in [0.15, 0.2) is 11.8 Å². The van der Waals surface area contributed by atoms with Crippen molar-refractivity contribution in [3.05, 3.63) is 35.1 Å². The quantitative estimate of drug-likeness (QED) is 0.295. The molecule has 4 N–H and O–H groups in total. The van der Waals surface area contributed by atoms with Gasteiger partial charge in [0.1, 0.15) is 25.1 Å². The summed E-state index contributed by atoms with van der Waals surface area (Å²) in [4.78, 5) is 53.3. The second-order valence-corrected chi connectivity index (χ2v) is 6.86. The average Bonchev–Trinajstić information content (AvgIpc) is 3.21. The molecule has 0 aromatic carbocycles. The summed E-state index contributed by atoms with van der Waals surface area (Å²) >= 11 is 1.11. The maximum Gasteiger partial charge on any atom is 0.404 e. The molecule has 3 atom stereocenters. The molecular weight excluding hydrogens is 408 g/mol. The fraction of sp³-hybridized carbons (Fsp3) is 0.312. The second kappa shape index (κ2) is 8.26. The van der Waals surface area contributed by atoms with E-state index in [1.165, 1.54) is 24.8 Å². The number of aliphatic carboxylic acids is 1. The number of thioether (sulfide) groups is 1. The Kier molecular flexibility index (Phi) is 5.77. The molecule has 1 saturated heterocycles. The molecule has 154 valence electrons. The number of carboxylic acids is 1. The molecular formula is C16H16N4O8S. The Morgan fingerprint density at radius 3 is 2.79 bits per heavy atom. The lowest BCUT2D eigenvalue weighted by Gasteiger charge is -2.51. The van der Waals surface area contributed by atoms with Crippen LogP contribution >= 0.6 is 11.8 Å². The molecule has 0 bridgehead atoms. The highest BCUT2D eigenvalue weighted by atomic mass is 32.2. The molecule has 0 saturated carbocycles. The molecule has 3 unspecified atom stereocenters. The number of carbonyl (C=O) groups excluding carboxylic acids is 3. The van der Waals surface area contributed by atoms with E-state index in [0.717, 1.165) is 16.7 Å². The van der Waals surface area contributed by atoms with E-state index < -0.39 is 41.3 Å². The van der Waals surface area contributed by atoms with Gasteiger partial charge in [0.2, 0.25) is 11.6 Å². The Morgan fingerprint density at radius 2 is 2.21 bits per heavy atom. The normalized spacial score (nSPS) is 23.4. The van der Waals surface area contributed by atoms with Crippen molar-refractivity contribution in [2.24, 2.45) is 10.9 Å². The van der Waals surface area contributed by atoms with Crippen LogP contribution in [-0.2, 0) is 24.0 Å². The number of nitrogens with zero attached hydrogens (tertiary/aromatic N) is 2. The van der Waals surface area contributed by atoms with Crippen LogP contribution in [-0.4, -0.2) is 70.8 Å². The van der Waals surface area contributed by atoms with Gasteiger partial charge in [-0.2, -0.15) is 0 Å². The number of furan rings is 1. The average molecular weight is 424 g/mol. The van der Waals surface area contributed by atoms with E-state index in [-0.39, 0.29) is 23.7 Å². The Bertz CT molecular complexity index is 897. The molecule has 13 heteroatoms. The van der Waals surface area contributed by atoms with Crippen molar-refractivity contribution in [3.8, 4) is 0 Å². The number of hydrogen-bond donors (Lipinski definition) is 3. The van der Waals surface area contributed by atoms with E-state index in [1.54, 1.807) is 6.07 Å². The number of carbonyl (C=O) groups is 4. The smallest absolute Gasteiger partial charge is 0.404 e. The van der Waals surface area contributed by atoms with E-state index >= 15 is 0 Å². The fourth-order valence-electron chi connectivity index (χ4n) is 2.90. The van der Waals surface area contributed by atoms with E-state index in [9.17, 15) is 24.3 Å². The standard InChI is InChI=1S/C16H16N4O8S/c1-26-19-9(8-3-2-4-27-8)12(21)18-10-13(22)20-11(15(23)24)7(5-28-16(17)25)6-29-14(10)20/h2-4,6,10-11,14H,5H2,1H3,(H2,17,25)(H,18,21)(H,23,24). The molecule has 0 spiro atoms. The highest BCUT2D eigenvalue weighted by Gasteiger charge is 2.56. The highest BCUT2D eigenvalue weighted by molar-refractivity contribution is 8.02. The van der Waals surface area contributed by atoms with Crippen LogP contribution in [0.3, 0.4) is 0 Å². The van der Waals surface area contributed by atoms with Crippen LogP contribution in [0.1, 0.15) is 5.76 Å². The minimum absolute atomic E-state index is 0.137. The van der Waals surface area contributed by atoms with Gasteiger partial charge in [-0.15, -0.1) is 11.8 Å². The van der Waals surface area contributed by atoms with Crippen molar-refractivity contribution >= 4 is 41.4 Å². The second-order valence-electron chi connectivity index (χ2n) is 5.86. The van der Waals surface area contributed by atoms with Crippen LogP contribution in [0.2, 0.25) is 0 Å². The van der Waals surface area contributed by atoms with Crippen LogP contribution < -0.4 is 11.1 Å². The lowest BCUT2D eigenvalue weighted by molar-refractivity contribution is -0.160. The summed E-state index contributed by atoms with van der Waals surface area (Å²) in [5.41, 5.74) is 4.92. The summed E-state index contributed by atoms with van der Waals surface area (Å²) in [6, 6.07) is 0.731. The number of nitrogens with two attached hydrogens (primary N) is 1. The maximum absolute atomic E-state index is 12.6. The summed E-state index contributed by atoms with van der Waals surface area (Å²) in [7, 11) is 1.25.